The average molecular weight is 433 g/mol. The molecule has 0 amide bonds. The van der Waals surface area contributed by atoms with Gasteiger partial charge in [-0.2, -0.15) is 0 Å². The molecule has 2 heterocycles. The number of furan rings is 1. The lowest BCUT2D eigenvalue weighted by atomic mass is 9.91. The zero-order valence-electron chi connectivity index (χ0n) is 17.5. The number of hydrogen-bond donors (Lipinski definition) is 2. The average Bonchev–Trinajstić information content (AvgIpc) is 3.54. The van der Waals surface area contributed by atoms with E-state index in [1.54, 1.807) is 12.1 Å². The Bertz CT molecular complexity index is 1150. The Labute approximate surface area is 184 Å². The molecular formula is C25H23NO6. The van der Waals surface area contributed by atoms with Crippen LogP contribution in [0.15, 0.2) is 88.0 Å². The number of nitrogens with zero attached hydrogens (tertiary/aromatic N) is 1. The summed E-state index contributed by atoms with van der Waals surface area (Å²) in [5.74, 6) is 0.0679. The Morgan fingerprint density at radius 1 is 1.03 bits per heavy atom. The van der Waals surface area contributed by atoms with E-state index in [0.29, 0.717) is 11.5 Å². The van der Waals surface area contributed by atoms with E-state index in [9.17, 15) is 15.0 Å². The lowest BCUT2D eigenvalue weighted by molar-refractivity contribution is -0.166. The van der Waals surface area contributed by atoms with Crippen molar-refractivity contribution >= 4 is 5.78 Å². The van der Waals surface area contributed by atoms with Crippen LogP contribution >= 0.6 is 0 Å². The fraction of sp³-hybridized carbons (Fsp3) is 0.200. The SMILES string of the molecule is C[C@@](OCc1ccc(-c2ccccc2)cc1)(C(=O)CO)[C@@H](O)c1cc(-c2ccco2)on1. The number of ketones is 1. The van der Waals surface area contributed by atoms with Gasteiger partial charge in [-0.15, -0.1) is 0 Å². The van der Waals surface area contributed by atoms with Gasteiger partial charge >= 0.3 is 0 Å². The first-order valence-corrected chi connectivity index (χ1v) is 10.1. The molecule has 7 heteroatoms. The highest BCUT2D eigenvalue weighted by atomic mass is 16.5. The van der Waals surface area contributed by atoms with E-state index >= 15 is 0 Å². The molecule has 0 aliphatic carbocycles. The van der Waals surface area contributed by atoms with Crippen molar-refractivity contribution in [1.29, 1.82) is 0 Å². The summed E-state index contributed by atoms with van der Waals surface area (Å²) in [5.41, 5.74) is 1.32. The van der Waals surface area contributed by atoms with Gasteiger partial charge in [0, 0.05) is 6.07 Å². The Morgan fingerprint density at radius 3 is 2.41 bits per heavy atom. The van der Waals surface area contributed by atoms with Gasteiger partial charge in [0.2, 0.25) is 5.76 Å². The highest BCUT2D eigenvalue weighted by Gasteiger charge is 2.43. The Morgan fingerprint density at radius 2 is 1.75 bits per heavy atom. The number of rotatable bonds is 9. The van der Waals surface area contributed by atoms with Crippen LogP contribution in [0.4, 0.5) is 0 Å². The summed E-state index contributed by atoms with van der Waals surface area (Å²) in [6.45, 7) is 0.691. The summed E-state index contributed by atoms with van der Waals surface area (Å²) in [6.07, 6.45) is 0.0257. The molecule has 0 saturated heterocycles. The normalized spacial score (nSPS) is 14.1. The molecule has 2 aromatic carbocycles. The Hall–Kier alpha value is -3.52. The first-order valence-electron chi connectivity index (χ1n) is 10.1. The van der Waals surface area contributed by atoms with Gasteiger partial charge in [-0.1, -0.05) is 59.8 Å². The second kappa shape index (κ2) is 9.32. The number of carbonyl (C=O) groups is 1. The number of ether oxygens (including phenoxy) is 1. The Kier molecular flexibility index (Phi) is 6.32. The van der Waals surface area contributed by atoms with E-state index < -0.39 is 24.1 Å². The zero-order chi connectivity index (χ0) is 22.6. The van der Waals surface area contributed by atoms with Gasteiger partial charge in [-0.05, 0) is 35.7 Å². The fourth-order valence-electron chi connectivity index (χ4n) is 3.36. The molecule has 0 aliphatic rings. The third-order valence-corrected chi connectivity index (χ3v) is 5.39. The monoisotopic (exact) mass is 433 g/mol. The molecule has 2 N–H and O–H groups in total. The standard InChI is InChI=1S/C25H23NO6/c1-25(23(28)15-27,24(29)20-14-22(32-26-20)21-8-5-13-30-21)31-16-17-9-11-19(12-10-17)18-6-3-2-4-7-18/h2-14,24,27,29H,15-16H2,1H3/t24-,25+/m0/s1. The van der Waals surface area contributed by atoms with Gasteiger partial charge in [0.05, 0.1) is 12.9 Å². The predicted molar refractivity (Wildman–Crippen MR) is 116 cm³/mol. The second-order valence-corrected chi connectivity index (χ2v) is 7.54. The molecule has 2 aromatic heterocycles. The predicted octanol–water partition coefficient (Wildman–Crippen LogP) is 4.17. The number of aromatic nitrogens is 1. The van der Waals surface area contributed by atoms with Crippen molar-refractivity contribution in [1.82, 2.24) is 5.16 Å². The van der Waals surface area contributed by atoms with Crippen LogP contribution in [-0.4, -0.2) is 33.4 Å². The first kappa shape index (κ1) is 21.7. The van der Waals surface area contributed by atoms with E-state index in [-0.39, 0.29) is 12.3 Å². The van der Waals surface area contributed by atoms with Gasteiger partial charge in [-0.25, -0.2) is 0 Å². The number of aliphatic hydroxyl groups is 2. The number of hydrogen-bond acceptors (Lipinski definition) is 7. The molecule has 0 bridgehead atoms. The molecule has 0 spiro atoms. The summed E-state index contributed by atoms with van der Waals surface area (Å²) in [5, 5.41) is 24.3. The summed E-state index contributed by atoms with van der Waals surface area (Å²) in [6, 6.07) is 22.5. The van der Waals surface area contributed by atoms with Crippen LogP contribution in [-0.2, 0) is 16.1 Å². The summed E-state index contributed by atoms with van der Waals surface area (Å²) in [4.78, 5) is 12.5. The summed E-state index contributed by atoms with van der Waals surface area (Å²) >= 11 is 0. The fourth-order valence-corrected chi connectivity index (χ4v) is 3.36. The van der Waals surface area contributed by atoms with E-state index in [2.05, 4.69) is 5.16 Å². The van der Waals surface area contributed by atoms with Crippen LogP contribution in [0.1, 0.15) is 24.3 Å². The van der Waals surface area contributed by atoms with E-state index in [4.69, 9.17) is 13.7 Å². The molecule has 7 nitrogen and oxygen atoms in total. The zero-order valence-corrected chi connectivity index (χ0v) is 17.5. The quantitative estimate of drug-likeness (QED) is 0.408. The van der Waals surface area contributed by atoms with Crippen molar-refractivity contribution < 1.29 is 28.7 Å². The smallest absolute Gasteiger partial charge is 0.202 e. The van der Waals surface area contributed by atoms with Crippen LogP contribution in [0.5, 0.6) is 0 Å². The largest absolute Gasteiger partial charge is 0.461 e. The van der Waals surface area contributed by atoms with E-state index in [1.165, 1.54) is 19.3 Å². The minimum absolute atomic E-state index is 0.0528. The minimum Gasteiger partial charge on any atom is -0.461 e. The van der Waals surface area contributed by atoms with Gasteiger partial charge < -0.3 is 23.9 Å². The summed E-state index contributed by atoms with van der Waals surface area (Å²) < 4.78 is 16.3. The van der Waals surface area contributed by atoms with Crippen molar-refractivity contribution in [2.45, 2.75) is 25.2 Å². The number of benzene rings is 2. The molecule has 0 fully saturated rings. The van der Waals surface area contributed by atoms with Crippen LogP contribution in [0, 0.1) is 0 Å². The van der Waals surface area contributed by atoms with Crippen molar-refractivity contribution in [2.24, 2.45) is 0 Å². The number of Topliss-reactive ketones (excluding diaryl/α,β-unsaturated/α-hetero) is 1. The lowest BCUT2D eigenvalue weighted by Gasteiger charge is -2.31. The van der Waals surface area contributed by atoms with E-state index in [0.717, 1.165) is 16.7 Å². The molecular weight excluding hydrogens is 410 g/mol. The number of aliphatic hydroxyl groups excluding tert-OH is 2. The van der Waals surface area contributed by atoms with Gasteiger partial charge in [0.25, 0.3) is 0 Å². The highest BCUT2D eigenvalue weighted by molar-refractivity contribution is 5.88. The van der Waals surface area contributed by atoms with Crippen molar-refractivity contribution in [3.8, 4) is 22.6 Å². The third-order valence-electron chi connectivity index (χ3n) is 5.39. The molecule has 2 atom stereocenters. The van der Waals surface area contributed by atoms with Crippen molar-refractivity contribution in [3.05, 3.63) is 90.3 Å². The molecule has 32 heavy (non-hydrogen) atoms. The molecule has 0 saturated carbocycles. The molecule has 4 rings (SSSR count). The van der Waals surface area contributed by atoms with Crippen LogP contribution in [0.3, 0.4) is 0 Å². The van der Waals surface area contributed by atoms with Gasteiger partial charge in [-0.3, -0.25) is 4.79 Å². The van der Waals surface area contributed by atoms with Crippen LogP contribution < -0.4 is 0 Å². The Balaban J connectivity index is 1.51. The topological polar surface area (TPSA) is 106 Å². The molecule has 164 valence electrons. The molecule has 4 aromatic rings. The summed E-state index contributed by atoms with van der Waals surface area (Å²) in [7, 11) is 0. The first-order chi connectivity index (χ1) is 15.5. The third kappa shape index (κ3) is 4.40. The second-order valence-electron chi connectivity index (χ2n) is 7.54. The maximum Gasteiger partial charge on any atom is 0.202 e. The maximum absolute atomic E-state index is 12.5. The molecule has 0 radical (unpaired) electrons. The van der Waals surface area contributed by atoms with E-state index in [1.807, 2.05) is 54.6 Å². The molecule has 0 aliphatic heterocycles. The highest BCUT2D eigenvalue weighted by Crippen LogP contribution is 2.33. The van der Waals surface area contributed by atoms with Crippen molar-refractivity contribution in [3.63, 3.8) is 0 Å². The number of carbonyl (C=O) groups excluding carboxylic acids is 1. The van der Waals surface area contributed by atoms with Gasteiger partial charge in [0.15, 0.2) is 17.1 Å². The minimum atomic E-state index is -1.73. The van der Waals surface area contributed by atoms with Crippen molar-refractivity contribution in [2.75, 3.05) is 6.61 Å². The van der Waals surface area contributed by atoms with Crippen LogP contribution in [0.25, 0.3) is 22.6 Å². The van der Waals surface area contributed by atoms with Crippen LogP contribution in [0.2, 0.25) is 0 Å². The molecule has 0 unspecified atom stereocenters. The van der Waals surface area contributed by atoms with Gasteiger partial charge in [0.1, 0.15) is 18.4 Å². The maximum atomic E-state index is 12.5. The lowest BCUT2D eigenvalue weighted by Crippen LogP contribution is -2.46.